The van der Waals surface area contributed by atoms with Crippen molar-refractivity contribution in [1.82, 2.24) is 10.3 Å². The van der Waals surface area contributed by atoms with Crippen LogP contribution in [-0.4, -0.2) is 41.4 Å². The summed E-state index contributed by atoms with van der Waals surface area (Å²) in [6, 6.07) is 7.01. The average Bonchev–Trinajstić information content (AvgIpc) is 2.64. The zero-order chi connectivity index (χ0) is 22.9. The molecule has 12 heteroatoms. The Morgan fingerprint density at radius 2 is 1.73 bits per heavy atom. The fourth-order valence-corrected chi connectivity index (χ4v) is 2.50. The molecule has 0 saturated carbocycles. The number of nitrogens with zero attached hydrogens (tertiary/aromatic N) is 1. The van der Waals surface area contributed by atoms with Crippen LogP contribution in [0, 0.1) is 0 Å². The van der Waals surface area contributed by atoms with Crippen LogP contribution in [0.25, 0.3) is 11.1 Å². The maximum atomic E-state index is 13.7. The Morgan fingerprint density at radius 3 is 2.20 bits per heavy atom. The summed E-state index contributed by atoms with van der Waals surface area (Å²) >= 11 is 0. The number of anilines is 1. The molecular weight excluding hydrogens is 420 g/mol. The number of hydrogen-bond donors (Lipinski definition) is 3. The van der Waals surface area contributed by atoms with Crippen LogP contribution >= 0.6 is 0 Å². The number of benzene rings is 1. The summed E-state index contributed by atoms with van der Waals surface area (Å²) in [5.74, 6) is -2.30. The van der Waals surface area contributed by atoms with Gasteiger partial charge in [0, 0.05) is 5.56 Å². The molecule has 164 valence electrons. The molecule has 1 aromatic heterocycles. The van der Waals surface area contributed by atoms with Crippen molar-refractivity contribution in [3.8, 4) is 17.0 Å². The molecule has 30 heavy (non-hydrogen) atoms. The van der Waals surface area contributed by atoms with Gasteiger partial charge in [0.1, 0.15) is 5.56 Å². The fraction of sp³-hybridized carbons (Fsp3) is 0.333. The van der Waals surface area contributed by atoms with E-state index in [0.29, 0.717) is 6.92 Å². The Kier molecular flexibility index (Phi) is 6.21. The summed E-state index contributed by atoms with van der Waals surface area (Å²) in [6.45, 7) is -0.854. The third-order valence-corrected chi connectivity index (χ3v) is 4.16. The van der Waals surface area contributed by atoms with Gasteiger partial charge in [-0.1, -0.05) is 30.3 Å². The molecule has 0 fully saturated rings. The number of carbonyl (C=O) groups is 1. The van der Waals surface area contributed by atoms with Crippen molar-refractivity contribution in [2.75, 3.05) is 19.4 Å². The average molecular weight is 437 g/mol. The number of methoxy groups -OCH3 is 1. The summed E-state index contributed by atoms with van der Waals surface area (Å²) in [5.41, 5.74) is -0.937. The fourth-order valence-electron chi connectivity index (χ4n) is 2.50. The van der Waals surface area contributed by atoms with E-state index in [1.165, 1.54) is 30.3 Å². The number of nitrogens with one attached hydrogen (secondary N) is 1. The molecule has 0 aliphatic heterocycles. The summed E-state index contributed by atoms with van der Waals surface area (Å²) < 4.78 is 84.1. The number of amides is 1. The first kappa shape index (κ1) is 23.3. The van der Waals surface area contributed by atoms with Gasteiger partial charge in [-0.3, -0.25) is 4.79 Å². The van der Waals surface area contributed by atoms with Crippen molar-refractivity contribution in [2.24, 2.45) is 0 Å². The van der Waals surface area contributed by atoms with E-state index < -0.39 is 58.8 Å². The van der Waals surface area contributed by atoms with Crippen LogP contribution in [0.2, 0.25) is 0 Å². The van der Waals surface area contributed by atoms with E-state index in [-0.39, 0.29) is 5.56 Å². The van der Waals surface area contributed by atoms with Crippen molar-refractivity contribution in [3.63, 3.8) is 0 Å². The number of pyridine rings is 1. The van der Waals surface area contributed by atoms with Gasteiger partial charge in [-0.25, -0.2) is 4.98 Å². The molecule has 1 aromatic carbocycles. The number of alkyl halides is 6. The number of nitrogen functional groups attached to an aromatic ring is 1. The van der Waals surface area contributed by atoms with E-state index in [2.05, 4.69) is 9.72 Å². The highest BCUT2D eigenvalue weighted by Crippen LogP contribution is 2.45. The van der Waals surface area contributed by atoms with Crippen LogP contribution in [0.4, 0.5) is 32.0 Å². The number of ether oxygens (including phenoxy) is 1. The van der Waals surface area contributed by atoms with Gasteiger partial charge in [0.15, 0.2) is 11.3 Å². The van der Waals surface area contributed by atoms with Crippen molar-refractivity contribution < 1.29 is 41.0 Å². The second-order valence-corrected chi connectivity index (χ2v) is 6.45. The molecule has 1 heterocycles. The second-order valence-electron chi connectivity index (χ2n) is 6.45. The highest BCUT2D eigenvalue weighted by Gasteiger charge is 2.50. The van der Waals surface area contributed by atoms with Gasteiger partial charge in [0.25, 0.3) is 5.91 Å². The molecule has 1 atom stereocenters. The van der Waals surface area contributed by atoms with E-state index in [1.807, 2.05) is 0 Å². The molecule has 1 amide bonds. The van der Waals surface area contributed by atoms with Gasteiger partial charge < -0.3 is 20.9 Å². The first-order valence-corrected chi connectivity index (χ1v) is 8.28. The number of aromatic nitrogens is 1. The van der Waals surface area contributed by atoms with Crippen LogP contribution in [0.5, 0.6) is 5.88 Å². The van der Waals surface area contributed by atoms with E-state index in [1.54, 1.807) is 5.32 Å². The molecule has 2 rings (SSSR count). The van der Waals surface area contributed by atoms with Crippen LogP contribution in [-0.2, 0) is 6.18 Å². The first-order valence-electron chi connectivity index (χ1n) is 8.28. The van der Waals surface area contributed by atoms with Crippen molar-refractivity contribution >= 4 is 11.6 Å². The molecular formula is C18H17F6N3O3. The lowest BCUT2D eigenvalue weighted by molar-refractivity contribution is -0.249. The molecule has 0 aliphatic rings. The molecule has 0 bridgehead atoms. The van der Waals surface area contributed by atoms with E-state index in [0.717, 1.165) is 7.11 Å². The maximum Gasteiger partial charge on any atom is 0.422 e. The lowest BCUT2D eigenvalue weighted by Crippen LogP contribution is -2.51. The number of aliphatic hydroxyl groups is 1. The quantitative estimate of drug-likeness (QED) is 0.623. The Morgan fingerprint density at radius 1 is 1.17 bits per heavy atom. The summed E-state index contributed by atoms with van der Waals surface area (Å²) in [5, 5.41) is 11.2. The van der Waals surface area contributed by atoms with Crippen molar-refractivity contribution in [3.05, 3.63) is 41.6 Å². The predicted molar refractivity (Wildman–Crippen MR) is 94.7 cm³/mol. The Bertz CT molecular complexity index is 927. The largest absolute Gasteiger partial charge is 0.481 e. The minimum absolute atomic E-state index is 0.0145. The van der Waals surface area contributed by atoms with Crippen molar-refractivity contribution in [1.29, 1.82) is 0 Å². The smallest absolute Gasteiger partial charge is 0.422 e. The van der Waals surface area contributed by atoms with E-state index >= 15 is 0 Å². The topological polar surface area (TPSA) is 97.5 Å². The molecule has 0 radical (unpaired) electrons. The number of rotatable bonds is 5. The Balaban J connectivity index is 2.61. The standard InChI is InChI=1S/C18H17F6N3O3/c1-16(29,18(22,23)24)8-26-14(28)13-12(25)10(9-6-4-3-5-7-9)11(17(19,20)21)15(27-13)30-2/h3-7,29H,8,25H2,1-2H3,(H,26,28)/t16-/m0/s1. The third kappa shape index (κ3) is 4.58. The number of nitrogens with two attached hydrogens (primary N) is 1. The normalized spacial score (nSPS) is 14.2. The third-order valence-electron chi connectivity index (χ3n) is 4.16. The van der Waals surface area contributed by atoms with Gasteiger partial charge in [-0.2, -0.15) is 26.3 Å². The van der Waals surface area contributed by atoms with Gasteiger partial charge >= 0.3 is 12.4 Å². The SMILES string of the molecule is COc1nc(C(=O)NC[C@](C)(O)C(F)(F)F)c(N)c(-c2ccccc2)c1C(F)(F)F. The zero-order valence-electron chi connectivity index (χ0n) is 15.6. The predicted octanol–water partition coefficient (Wildman–Crippen LogP) is 3.40. The van der Waals surface area contributed by atoms with Crippen LogP contribution in [0.15, 0.2) is 30.3 Å². The van der Waals surface area contributed by atoms with E-state index in [9.17, 15) is 36.2 Å². The molecule has 2 aromatic rings. The molecule has 6 nitrogen and oxygen atoms in total. The van der Waals surface area contributed by atoms with Gasteiger partial charge in [-0.05, 0) is 12.5 Å². The van der Waals surface area contributed by atoms with E-state index in [4.69, 9.17) is 5.73 Å². The molecule has 0 spiro atoms. The monoisotopic (exact) mass is 437 g/mol. The molecule has 4 N–H and O–H groups in total. The summed E-state index contributed by atoms with van der Waals surface area (Å²) in [4.78, 5) is 15.8. The lowest BCUT2D eigenvalue weighted by atomic mass is 9.97. The number of halogens is 6. The Hall–Kier alpha value is -3.02. The number of carbonyl (C=O) groups excluding carboxylic acids is 1. The minimum atomic E-state index is -5.06. The van der Waals surface area contributed by atoms with Crippen LogP contribution < -0.4 is 15.8 Å². The Labute approximate surface area is 166 Å². The molecule has 0 unspecified atom stereocenters. The zero-order valence-corrected chi connectivity index (χ0v) is 15.6. The second kappa shape index (κ2) is 8.01. The highest BCUT2D eigenvalue weighted by atomic mass is 19.4. The van der Waals surface area contributed by atoms with Crippen LogP contribution in [0.1, 0.15) is 23.0 Å². The molecule has 0 aliphatic carbocycles. The summed E-state index contributed by atoms with van der Waals surface area (Å²) in [6.07, 6.45) is -10.0. The molecule has 0 saturated heterocycles. The lowest BCUT2D eigenvalue weighted by Gasteiger charge is -2.26. The number of hydrogen-bond acceptors (Lipinski definition) is 5. The van der Waals surface area contributed by atoms with Crippen molar-refractivity contribution in [2.45, 2.75) is 24.9 Å². The highest BCUT2D eigenvalue weighted by molar-refractivity contribution is 6.02. The van der Waals surface area contributed by atoms with Gasteiger partial charge in [0.05, 0.1) is 19.3 Å². The minimum Gasteiger partial charge on any atom is -0.481 e. The summed E-state index contributed by atoms with van der Waals surface area (Å²) in [7, 11) is 0.888. The van der Waals surface area contributed by atoms with Gasteiger partial charge in [-0.15, -0.1) is 0 Å². The van der Waals surface area contributed by atoms with Gasteiger partial charge in [0.2, 0.25) is 5.88 Å². The van der Waals surface area contributed by atoms with Crippen LogP contribution in [0.3, 0.4) is 0 Å². The maximum absolute atomic E-state index is 13.7. The first-order chi connectivity index (χ1) is 13.7.